The smallest absolute Gasteiger partial charge is 0.378 e. The average molecular weight is 495 g/mol. The lowest BCUT2D eigenvalue weighted by Crippen LogP contribution is -2.62. The van der Waals surface area contributed by atoms with Crippen molar-refractivity contribution in [1.82, 2.24) is 4.57 Å². The van der Waals surface area contributed by atoms with Gasteiger partial charge in [-0.15, -0.1) is 0 Å². The number of ether oxygens (including phenoxy) is 1. The molecule has 0 radical (unpaired) electrons. The molecule has 1 aromatic heterocycles. The molecule has 186 valence electrons. The standard InChI is InChI=1S/C23H21F8NO2/c1-32-18-5-3-2-4-16(18)14-19(32)15-6-8-17(9-7-15)34-13-11-21(26,27)23(30,31)22(28,29)20(24,25)10-12-33/h2-9,14,33H,10-13H2,1H3. The number of aliphatic hydroxyl groups is 1. The van der Waals surface area contributed by atoms with E-state index in [-0.39, 0.29) is 5.75 Å². The topological polar surface area (TPSA) is 34.4 Å². The molecule has 1 heterocycles. The van der Waals surface area contributed by atoms with Gasteiger partial charge < -0.3 is 14.4 Å². The van der Waals surface area contributed by atoms with Gasteiger partial charge in [0.05, 0.1) is 13.0 Å². The van der Waals surface area contributed by atoms with Crippen molar-refractivity contribution in [2.45, 2.75) is 36.5 Å². The number of rotatable bonds is 10. The number of aliphatic hydroxyl groups excluding tert-OH is 1. The Morgan fingerprint density at radius 1 is 0.794 bits per heavy atom. The summed E-state index contributed by atoms with van der Waals surface area (Å²) in [5.74, 6) is -23.8. The zero-order valence-electron chi connectivity index (χ0n) is 17.9. The maximum absolute atomic E-state index is 13.9. The quantitative estimate of drug-likeness (QED) is 0.324. The van der Waals surface area contributed by atoms with Gasteiger partial charge in [-0.05, 0) is 42.0 Å². The van der Waals surface area contributed by atoms with Crippen LogP contribution in [0.25, 0.3) is 22.2 Å². The molecular weight excluding hydrogens is 474 g/mol. The van der Waals surface area contributed by atoms with Crippen molar-refractivity contribution in [3.05, 3.63) is 54.6 Å². The second-order valence-corrected chi connectivity index (χ2v) is 7.80. The van der Waals surface area contributed by atoms with E-state index in [1.807, 2.05) is 41.9 Å². The predicted molar refractivity (Wildman–Crippen MR) is 110 cm³/mol. The third-order valence-corrected chi connectivity index (χ3v) is 5.53. The lowest BCUT2D eigenvalue weighted by Gasteiger charge is -2.36. The lowest BCUT2D eigenvalue weighted by atomic mass is 9.95. The van der Waals surface area contributed by atoms with E-state index in [4.69, 9.17) is 9.84 Å². The van der Waals surface area contributed by atoms with Gasteiger partial charge in [-0.2, -0.15) is 35.1 Å². The number of fused-ring (bicyclic) bond motifs is 1. The molecule has 0 aliphatic heterocycles. The summed E-state index contributed by atoms with van der Waals surface area (Å²) in [7, 11) is 1.85. The van der Waals surface area contributed by atoms with Crippen molar-refractivity contribution in [1.29, 1.82) is 0 Å². The minimum Gasteiger partial charge on any atom is -0.493 e. The van der Waals surface area contributed by atoms with Crippen LogP contribution in [0.3, 0.4) is 0 Å². The number of halogens is 8. The van der Waals surface area contributed by atoms with Crippen LogP contribution >= 0.6 is 0 Å². The van der Waals surface area contributed by atoms with Gasteiger partial charge in [0.1, 0.15) is 5.75 Å². The molecule has 1 N–H and O–H groups in total. The molecule has 0 spiro atoms. The second kappa shape index (κ2) is 9.09. The highest BCUT2D eigenvalue weighted by Crippen LogP contribution is 2.54. The minimum absolute atomic E-state index is 0.000925. The largest absolute Gasteiger partial charge is 0.493 e. The Morgan fingerprint density at radius 2 is 1.35 bits per heavy atom. The summed E-state index contributed by atoms with van der Waals surface area (Å²) in [5.41, 5.74) is 2.56. The van der Waals surface area contributed by atoms with E-state index in [1.54, 1.807) is 12.1 Å². The van der Waals surface area contributed by atoms with Gasteiger partial charge in [0.25, 0.3) is 0 Å². The van der Waals surface area contributed by atoms with Crippen LogP contribution in [-0.2, 0) is 7.05 Å². The number of hydrogen-bond acceptors (Lipinski definition) is 2. The molecule has 11 heteroatoms. The number of aryl methyl sites for hydroxylation is 1. The van der Waals surface area contributed by atoms with Gasteiger partial charge in [-0.25, -0.2) is 0 Å². The van der Waals surface area contributed by atoms with Crippen LogP contribution in [0.15, 0.2) is 54.6 Å². The molecule has 2 aromatic carbocycles. The van der Waals surface area contributed by atoms with Gasteiger partial charge >= 0.3 is 23.7 Å². The molecule has 0 atom stereocenters. The van der Waals surface area contributed by atoms with Gasteiger partial charge in [0.2, 0.25) is 0 Å². The molecule has 0 saturated carbocycles. The minimum atomic E-state index is -6.38. The maximum atomic E-state index is 13.9. The number of para-hydroxylation sites is 1. The number of alkyl halides is 8. The molecule has 0 aliphatic carbocycles. The number of aromatic nitrogens is 1. The van der Waals surface area contributed by atoms with Crippen LogP contribution < -0.4 is 4.74 Å². The Bertz CT molecular complexity index is 1130. The van der Waals surface area contributed by atoms with E-state index in [0.717, 1.165) is 22.2 Å². The summed E-state index contributed by atoms with van der Waals surface area (Å²) in [6.07, 6.45) is -4.03. The van der Waals surface area contributed by atoms with Gasteiger partial charge in [0.15, 0.2) is 0 Å². The van der Waals surface area contributed by atoms with Crippen LogP contribution in [0, 0.1) is 0 Å². The molecule has 3 aromatic rings. The third kappa shape index (κ3) is 4.45. The summed E-state index contributed by atoms with van der Waals surface area (Å²) >= 11 is 0. The van der Waals surface area contributed by atoms with Crippen molar-refractivity contribution in [3.8, 4) is 17.0 Å². The summed E-state index contributed by atoms with van der Waals surface area (Å²) in [4.78, 5) is 0. The molecule has 34 heavy (non-hydrogen) atoms. The summed E-state index contributed by atoms with van der Waals surface area (Å²) in [5, 5.41) is 9.37. The summed E-state index contributed by atoms with van der Waals surface area (Å²) < 4.78 is 116. The van der Waals surface area contributed by atoms with Crippen LogP contribution in [0.2, 0.25) is 0 Å². The molecular formula is C23H21F8NO2. The highest BCUT2D eigenvalue weighted by Gasteiger charge is 2.79. The van der Waals surface area contributed by atoms with Crippen LogP contribution in [0.4, 0.5) is 35.1 Å². The Balaban J connectivity index is 1.68. The molecule has 3 nitrogen and oxygen atoms in total. The first kappa shape index (κ1) is 25.8. The molecule has 3 rings (SSSR count). The Kier molecular flexibility index (Phi) is 6.89. The molecule has 0 saturated heterocycles. The normalized spacial score (nSPS) is 13.5. The van der Waals surface area contributed by atoms with E-state index >= 15 is 0 Å². The SMILES string of the molecule is Cn1c(-c2ccc(OCCC(F)(F)C(F)(F)C(F)(F)C(F)(F)CCO)cc2)cc2ccccc21. The summed E-state index contributed by atoms with van der Waals surface area (Å²) in [6, 6.07) is 15.5. The Hall–Kier alpha value is -2.82. The monoisotopic (exact) mass is 495 g/mol. The molecule has 0 unspecified atom stereocenters. The number of nitrogens with zero attached hydrogens (tertiary/aromatic N) is 1. The molecule has 0 fully saturated rings. The summed E-state index contributed by atoms with van der Waals surface area (Å²) in [6.45, 7) is -2.71. The van der Waals surface area contributed by atoms with Crippen molar-refractivity contribution < 1.29 is 45.0 Å². The van der Waals surface area contributed by atoms with Crippen LogP contribution in [0.5, 0.6) is 5.75 Å². The van der Waals surface area contributed by atoms with Gasteiger partial charge in [-0.1, -0.05) is 18.2 Å². The van der Waals surface area contributed by atoms with Crippen LogP contribution in [0.1, 0.15) is 12.8 Å². The van der Waals surface area contributed by atoms with E-state index in [0.29, 0.717) is 0 Å². The Labute approximate surface area is 189 Å². The van der Waals surface area contributed by atoms with E-state index in [2.05, 4.69) is 0 Å². The maximum Gasteiger partial charge on any atom is 0.378 e. The average Bonchev–Trinajstić information content (AvgIpc) is 3.10. The van der Waals surface area contributed by atoms with E-state index in [9.17, 15) is 35.1 Å². The van der Waals surface area contributed by atoms with Gasteiger partial charge in [0, 0.05) is 36.7 Å². The Morgan fingerprint density at radius 3 is 1.91 bits per heavy atom. The highest BCUT2D eigenvalue weighted by atomic mass is 19.4. The lowest BCUT2D eigenvalue weighted by molar-refractivity contribution is -0.368. The van der Waals surface area contributed by atoms with Crippen LogP contribution in [-0.4, -0.2) is 46.6 Å². The van der Waals surface area contributed by atoms with Gasteiger partial charge in [-0.3, -0.25) is 0 Å². The first-order chi connectivity index (χ1) is 15.7. The predicted octanol–water partition coefficient (Wildman–Crippen LogP) is 6.54. The second-order valence-electron chi connectivity index (χ2n) is 7.80. The first-order valence-corrected chi connectivity index (χ1v) is 10.1. The molecule has 0 aliphatic rings. The first-order valence-electron chi connectivity index (χ1n) is 10.1. The van der Waals surface area contributed by atoms with E-state index in [1.165, 1.54) is 12.1 Å². The number of benzene rings is 2. The van der Waals surface area contributed by atoms with Crippen molar-refractivity contribution in [2.75, 3.05) is 13.2 Å². The molecule has 0 bridgehead atoms. The fourth-order valence-corrected chi connectivity index (χ4v) is 3.50. The fraction of sp³-hybridized carbons (Fsp3) is 0.391. The molecule has 0 amide bonds. The zero-order valence-corrected chi connectivity index (χ0v) is 17.9. The fourth-order valence-electron chi connectivity index (χ4n) is 3.50. The third-order valence-electron chi connectivity index (χ3n) is 5.53. The highest BCUT2D eigenvalue weighted by molar-refractivity contribution is 5.86. The van der Waals surface area contributed by atoms with Crippen molar-refractivity contribution >= 4 is 10.9 Å². The van der Waals surface area contributed by atoms with Crippen molar-refractivity contribution in [3.63, 3.8) is 0 Å². The number of hydrogen-bond donors (Lipinski definition) is 1. The van der Waals surface area contributed by atoms with Crippen molar-refractivity contribution in [2.24, 2.45) is 7.05 Å². The van der Waals surface area contributed by atoms with E-state index < -0.39 is 49.7 Å². The zero-order chi connectivity index (χ0) is 25.4.